The van der Waals surface area contributed by atoms with E-state index in [1.165, 1.54) is 0 Å². The standard InChI is InChI=1S/C15H19BrF2N2O/c1-2-6-20(11-4-3-5-19-9-11)15(21)14-12(17)7-10(16)8-13(14)18/h7-8,11,19H,2-6,9H2,1H3. The van der Waals surface area contributed by atoms with Crippen molar-refractivity contribution in [1.82, 2.24) is 10.2 Å². The number of nitrogens with one attached hydrogen (secondary N) is 1. The second-order valence-corrected chi connectivity index (χ2v) is 6.16. The smallest absolute Gasteiger partial charge is 0.260 e. The minimum Gasteiger partial charge on any atom is -0.334 e. The molecule has 0 spiro atoms. The van der Waals surface area contributed by atoms with Crippen LogP contribution in [0.15, 0.2) is 16.6 Å². The van der Waals surface area contributed by atoms with Crippen LogP contribution >= 0.6 is 15.9 Å². The van der Waals surface area contributed by atoms with Gasteiger partial charge in [0, 0.05) is 23.6 Å². The zero-order valence-electron chi connectivity index (χ0n) is 12.0. The largest absolute Gasteiger partial charge is 0.334 e. The molecule has 0 bridgehead atoms. The Bertz CT molecular complexity index is 495. The molecule has 3 nitrogen and oxygen atoms in total. The lowest BCUT2D eigenvalue weighted by Crippen LogP contribution is -2.49. The molecule has 1 fully saturated rings. The van der Waals surface area contributed by atoms with E-state index in [0.29, 0.717) is 13.1 Å². The summed E-state index contributed by atoms with van der Waals surface area (Å²) < 4.78 is 28.3. The van der Waals surface area contributed by atoms with E-state index in [9.17, 15) is 13.6 Å². The molecular formula is C15H19BrF2N2O. The Labute approximate surface area is 131 Å². The van der Waals surface area contributed by atoms with E-state index in [2.05, 4.69) is 21.2 Å². The molecule has 1 aliphatic heterocycles. The van der Waals surface area contributed by atoms with Crippen molar-refractivity contribution in [3.63, 3.8) is 0 Å². The van der Waals surface area contributed by atoms with Crippen LogP contribution in [0.2, 0.25) is 0 Å². The fourth-order valence-corrected chi connectivity index (χ4v) is 3.08. The minimum atomic E-state index is -0.822. The van der Waals surface area contributed by atoms with Crippen molar-refractivity contribution < 1.29 is 13.6 Å². The Balaban J connectivity index is 2.29. The third kappa shape index (κ3) is 3.80. The number of hydrogen-bond donors (Lipinski definition) is 1. The lowest BCUT2D eigenvalue weighted by Gasteiger charge is -2.34. The van der Waals surface area contributed by atoms with Gasteiger partial charge in [0.1, 0.15) is 17.2 Å². The summed E-state index contributed by atoms with van der Waals surface area (Å²) in [5, 5.41) is 3.23. The van der Waals surface area contributed by atoms with Gasteiger partial charge in [-0.2, -0.15) is 0 Å². The van der Waals surface area contributed by atoms with E-state index in [-0.39, 0.29) is 10.5 Å². The maximum atomic E-state index is 14.0. The lowest BCUT2D eigenvalue weighted by molar-refractivity contribution is 0.0639. The molecule has 1 amide bonds. The molecule has 1 heterocycles. The molecule has 0 saturated carbocycles. The van der Waals surface area contributed by atoms with Crippen LogP contribution in [0.1, 0.15) is 36.5 Å². The van der Waals surface area contributed by atoms with Gasteiger partial charge in [0.05, 0.1) is 0 Å². The average molecular weight is 361 g/mol. The van der Waals surface area contributed by atoms with Crippen LogP contribution in [0.3, 0.4) is 0 Å². The van der Waals surface area contributed by atoms with E-state index in [1.807, 2.05) is 6.92 Å². The first-order valence-corrected chi connectivity index (χ1v) is 8.00. The molecule has 1 N–H and O–H groups in total. The Morgan fingerprint density at radius 1 is 1.43 bits per heavy atom. The normalized spacial score (nSPS) is 18.6. The summed E-state index contributed by atoms with van der Waals surface area (Å²) in [6.07, 6.45) is 2.57. The molecule has 2 rings (SSSR count). The van der Waals surface area contributed by atoms with Crippen LogP contribution in [-0.4, -0.2) is 36.5 Å². The molecule has 1 saturated heterocycles. The van der Waals surface area contributed by atoms with E-state index in [0.717, 1.165) is 37.9 Å². The predicted molar refractivity (Wildman–Crippen MR) is 81.3 cm³/mol. The second-order valence-electron chi connectivity index (χ2n) is 5.24. The van der Waals surface area contributed by atoms with Gasteiger partial charge in [-0.05, 0) is 37.9 Å². The van der Waals surface area contributed by atoms with Crippen LogP contribution in [0.5, 0.6) is 0 Å². The number of carbonyl (C=O) groups is 1. The maximum Gasteiger partial charge on any atom is 0.260 e. The van der Waals surface area contributed by atoms with Crippen LogP contribution in [0.25, 0.3) is 0 Å². The molecule has 1 unspecified atom stereocenters. The van der Waals surface area contributed by atoms with E-state index < -0.39 is 23.1 Å². The highest BCUT2D eigenvalue weighted by Gasteiger charge is 2.29. The highest BCUT2D eigenvalue weighted by atomic mass is 79.9. The second kappa shape index (κ2) is 7.31. The summed E-state index contributed by atoms with van der Waals surface area (Å²) in [6.45, 7) is 4.04. The third-order valence-electron chi connectivity index (χ3n) is 3.66. The van der Waals surface area contributed by atoms with Gasteiger partial charge in [-0.25, -0.2) is 8.78 Å². The van der Waals surface area contributed by atoms with Gasteiger partial charge < -0.3 is 10.2 Å². The first kappa shape index (κ1) is 16.4. The fraction of sp³-hybridized carbons (Fsp3) is 0.533. The number of piperidine rings is 1. The summed E-state index contributed by atoms with van der Waals surface area (Å²) in [5.41, 5.74) is -0.461. The Hall–Kier alpha value is -1.01. The van der Waals surface area contributed by atoms with Crippen LogP contribution < -0.4 is 5.32 Å². The van der Waals surface area contributed by atoms with Gasteiger partial charge in [0.15, 0.2) is 0 Å². The summed E-state index contributed by atoms with van der Waals surface area (Å²) in [7, 11) is 0. The fourth-order valence-electron chi connectivity index (χ4n) is 2.68. The highest BCUT2D eigenvalue weighted by molar-refractivity contribution is 9.10. The first-order valence-electron chi connectivity index (χ1n) is 7.20. The van der Waals surface area contributed by atoms with E-state index in [1.54, 1.807) is 4.90 Å². The van der Waals surface area contributed by atoms with Crippen molar-refractivity contribution in [1.29, 1.82) is 0 Å². The number of benzene rings is 1. The summed E-state index contributed by atoms with van der Waals surface area (Å²) in [4.78, 5) is 14.2. The molecule has 0 aliphatic carbocycles. The Morgan fingerprint density at radius 2 is 2.10 bits per heavy atom. The molecular weight excluding hydrogens is 342 g/mol. The first-order chi connectivity index (χ1) is 10.0. The van der Waals surface area contributed by atoms with Gasteiger partial charge in [0.2, 0.25) is 0 Å². The summed E-state index contributed by atoms with van der Waals surface area (Å²) in [5.74, 6) is -2.21. The van der Waals surface area contributed by atoms with Crippen molar-refractivity contribution in [3.8, 4) is 0 Å². The van der Waals surface area contributed by atoms with Crippen molar-refractivity contribution in [2.24, 2.45) is 0 Å². The molecule has 116 valence electrons. The lowest BCUT2D eigenvalue weighted by atomic mass is 10.0. The monoisotopic (exact) mass is 360 g/mol. The molecule has 0 radical (unpaired) electrons. The number of nitrogens with zero attached hydrogens (tertiary/aromatic N) is 1. The number of hydrogen-bond acceptors (Lipinski definition) is 2. The Kier molecular flexibility index (Phi) is 5.70. The van der Waals surface area contributed by atoms with Crippen LogP contribution in [0.4, 0.5) is 8.78 Å². The summed E-state index contributed by atoms with van der Waals surface area (Å²) >= 11 is 3.03. The molecule has 1 atom stereocenters. The minimum absolute atomic E-state index is 0.00588. The zero-order chi connectivity index (χ0) is 15.4. The van der Waals surface area contributed by atoms with Crippen molar-refractivity contribution >= 4 is 21.8 Å². The Morgan fingerprint density at radius 3 is 2.62 bits per heavy atom. The van der Waals surface area contributed by atoms with Crippen LogP contribution in [0, 0.1) is 11.6 Å². The van der Waals surface area contributed by atoms with E-state index in [4.69, 9.17) is 0 Å². The average Bonchev–Trinajstić information content (AvgIpc) is 2.44. The molecule has 1 aromatic carbocycles. The number of halogens is 3. The molecule has 0 aromatic heterocycles. The van der Waals surface area contributed by atoms with Crippen LogP contribution in [-0.2, 0) is 0 Å². The zero-order valence-corrected chi connectivity index (χ0v) is 13.6. The SMILES string of the molecule is CCCN(C(=O)c1c(F)cc(Br)cc1F)C1CCCNC1. The number of amides is 1. The summed E-state index contributed by atoms with van der Waals surface area (Å²) in [6, 6.07) is 2.24. The quantitative estimate of drug-likeness (QED) is 0.892. The molecule has 21 heavy (non-hydrogen) atoms. The molecule has 1 aliphatic rings. The number of carbonyl (C=O) groups excluding carboxylic acids is 1. The topological polar surface area (TPSA) is 32.3 Å². The van der Waals surface area contributed by atoms with Gasteiger partial charge in [0.25, 0.3) is 5.91 Å². The van der Waals surface area contributed by atoms with Gasteiger partial charge in [-0.15, -0.1) is 0 Å². The molecule has 1 aromatic rings. The van der Waals surface area contributed by atoms with Crippen molar-refractivity contribution in [3.05, 3.63) is 33.8 Å². The predicted octanol–water partition coefficient (Wildman–Crippen LogP) is 3.33. The maximum absolute atomic E-state index is 14.0. The van der Waals surface area contributed by atoms with E-state index >= 15 is 0 Å². The van der Waals surface area contributed by atoms with Gasteiger partial charge in [-0.1, -0.05) is 22.9 Å². The van der Waals surface area contributed by atoms with Gasteiger partial charge in [-0.3, -0.25) is 4.79 Å². The third-order valence-corrected chi connectivity index (χ3v) is 4.12. The van der Waals surface area contributed by atoms with Crippen molar-refractivity contribution in [2.75, 3.05) is 19.6 Å². The van der Waals surface area contributed by atoms with Gasteiger partial charge >= 0.3 is 0 Å². The molecule has 6 heteroatoms. The highest BCUT2D eigenvalue weighted by Crippen LogP contribution is 2.23. The number of rotatable bonds is 4. The van der Waals surface area contributed by atoms with Crippen molar-refractivity contribution in [2.45, 2.75) is 32.2 Å².